The standard InChI is InChI=1S/C22H30N6O2S/c1-4-9-26-11-13-27(14-12-26)21-24-25-22(31-21)28-10-5-6-17(28)16-23-19-8-7-18(29-2)15-20(19)30-3/h5-8,10,15,23H,4,9,11-14,16H2,1-3H3. The molecule has 3 aromatic rings. The molecule has 0 unspecified atom stereocenters. The molecule has 1 aromatic carbocycles. The van der Waals surface area contributed by atoms with Crippen molar-refractivity contribution in [3.63, 3.8) is 0 Å². The molecule has 1 N–H and O–H groups in total. The van der Waals surface area contributed by atoms with Gasteiger partial charge >= 0.3 is 0 Å². The molecule has 0 spiro atoms. The summed E-state index contributed by atoms with van der Waals surface area (Å²) < 4.78 is 12.9. The maximum absolute atomic E-state index is 5.49. The van der Waals surface area contributed by atoms with Gasteiger partial charge in [0.2, 0.25) is 10.3 Å². The molecule has 1 aliphatic heterocycles. The Kier molecular flexibility index (Phi) is 6.93. The van der Waals surface area contributed by atoms with Gasteiger partial charge in [0.1, 0.15) is 11.5 Å². The largest absolute Gasteiger partial charge is 0.497 e. The monoisotopic (exact) mass is 442 g/mol. The molecule has 9 heteroatoms. The molecule has 0 bridgehead atoms. The van der Waals surface area contributed by atoms with E-state index >= 15 is 0 Å². The Balaban J connectivity index is 1.42. The number of aromatic nitrogens is 3. The van der Waals surface area contributed by atoms with Crippen molar-refractivity contribution >= 4 is 22.2 Å². The van der Waals surface area contributed by atoms with E-state index < -0.39 is 0 Å². The summed E-state index contributed by atoms with van der Waals surface area (Å²) >= 11 is 1.64. The van der Waals surface area contributed by atoms with Crippen molar-refractivity contribution in [3.05, 3.63) is 42.2 Å². The summed E-state index contributed by atoms with van der Waals surface area (Å²) in [5.41, 5.74) is 2.02. The second-order valence-corrected chi connectivity index (χ2v) is 8.42. The van der Waals surface area contributed by atoms with Crippen molar-refractivity contribution in [3.8, 4) is 16.6 Å². The van der Waals surface area contributed by atoms with Gasteiger partial charge < -0.3 is 19.7 Å². The number of ether oxygens (including phenoxy) is 2. The van der Waals surface area contributed by atoms with Gasteiger partial charge in [-0.05, 0) is 37.2 Å². The van der Waals surface area contributed by atoms with Crippen LogP contribution in [0.5, 0.6) is 11.5 Å². The number of hydrogen-bond donors (Lipinski definition) is 1. The van der Waals surface area contributed by atoms with Gasteiger partial charge in [-0.2, -0.15) is 0 Å². The van der Waals surface area contributed by atoms with Gasteiger partial charge in [0, 0.05) is 44.1 Å². The van der Waals surface area contributed by atoms with Crippen LogP contribution < -0.4 is 19.7 Å². The van der Waals surface area contributed by atoms with Gasteiger partial charge in [-0.3, -0.25) is 9.47 Å². The third-order valence-electron chi connectivity index (χ3n) is 5.49. The summed E-state index contributed by atoms with van der Waals surface area (Å²) in [4.78, 5) is 4.86. The summed E-state index contributed by atoms with van der Waals surface area (Å²) in [5.74, 6) is 1.51. The molecule has 1 aliphatic rings. The first-order valence-electron chi connectivity index (χ1n) is 10.6. The molecule has 0 amide bonds. The first-order valence-corrected chi connectivity index (χ1v) is 11.5. The van der Waals surface area contributed by atoms with Gasteiger partial charge in [-0.25, -0.2) is 0 Å². The van der Waals surface area contributed by atoms with Crippen molar-refractivity contribution < 1.29 is 9.47 Å². The van der Waals surface area contributed by atoms with Gasteiger partial charge in [0.15, 0.2) is 0 Å². The topological polar surface area (TPSA) is 67.7 Å². The predicted molar refractivity (Wildman–Crippen MR) is 125 cm³/mol. The number of nitrogens with one attached hydrogen (secondary N) is 1. The third kappa shape index (κ3) is 4.94. The van der Waals surface area contributed by atoms with Crippen LogP contribution in [0, 0.1) is 0 Å². The second kappa shape index (κ2) is 10.0. The number of methoxy groups -OCH3 is 2. The Morgan fingerprint density at radius 2 is 1.84 bits per heavy atom. The van der Waals surface area contributed by atoms with E-state index in [0.717, 1.165) is 59.3 Å². The highest BCUT2D eigenvalue weighted by Gasteiger charge is 2.20. The zero-order valence-corrected chi connectivity index (χ0v) is 19.2. The van der Waals surface area contributed by atoms with E-state index in [-0.39, 0.29) is 0 Å². The number of benzene rings is 1. The van der Waals surface area contributed by atoms with Gasteiger partial charge in [0.25, 0.3) is 0 Å². The van der Waals surface area contributed by atoms with E-state index in [1.807, 2.05) is 30.5 Å². The van der Waals surface area contributed by atoms with Crippen LogP contribution in [0.1, 0.15) is 19.0 Å². The Morgan fingerprint density at radius 1 is 1.03 bits per heavy atom. The Hall–Kier alpha value is -2.78. The summed E-state index contributed by atoms with van der Waals surface area (Å²) in [5, 5.41) is 14.3. The molecule has 0 saturated carbocycles. The van der Waals surface area contributed by atoms with Gasteiger partial charge in [-0.15, -0.1) is 10.2 Å². The number of anilines is 2. The normalized spacial score (nSPS) is 14.6. The SMILES string of the molecule is CCCN1CCN(c2nnc(-n3cccc3CNc3ccc(OC)cc3OC)s2)CC1. The van der Waals surface area contributed by atoms with Crippen LogP contribution in [0.3, 0.4) is 0 Å². The number of nitrogens with zero attached hydrogens (tertiary/aromatic N) is 5. The molecule has 1 saturated heterocycles. The minimum atomic E-state index is 0.639. The van der Waals surface area contributed by atoms with E-state index in [2.05, 4.69) is 42.9 Å². The fourth-order valence-corrected chi connectivity index (χ4v) is 4.70. The van der Waals surface area contributed by atoms with E-state index in [9.17, 15) is 0 Å². The first kappa shape index (κ1) is 21.5. The van der Waals surface area contributed by atoms with Crippen molar-refractivity contribution in [1.82, 2.24) is 19.7 Å². The van der Waals surface area contributed by atoms with Crippen LogP contribution >= 0.6 is 11.3 Å². The van der Waals surface area contributed by atoms with E-state index in [1.54, 1.807) is 25.6 Å². The number of hydrogen-bond acceptors (Lipinski definition) is 8. The molecule has 166 valence electrons. The quantitative estimate of drug-likeness (QED) is 0.544. The second-order valence-electron chi connectivity index (χ2n) is 7.49. The first-order chi connectivity index (χ1) is 15.2. The van der Waals surface area contributed by atoms with Crippen molar-refractivity contribution in [2.24, 2.45) is 0 Å². The lowest BCUT2D eigenvalue weighted by atomic mass is 10.2. The molecule has 4 rings (SSSR count). The lowest BCUT2D eigenvalue weighted by Crippen LogP contribution is -2.46. The Morgan fingerprint density at radius 3 is 2.58 bits per heavy atom. The van der Waals surface area contributed by atoms with Crippen LogP contribution in [0.2, 0.25) is 0 Å². The fourth-order valence-electron chi connectivity index (χ4n) is 3.79. The smallest absolute Gasteiger partial charge is 0.218 e. The van der Waals surface area contributed by atoms with Crippen molar-refractivity contribution in [2.45, 2.75) is 19.9 Å². The van der Waals surface area contributed by atoms with Gasteiger partial charge in [-0.1, -0.05) is 18.3 Å². The molecule has 8 nitrogen and oxygen atoms in total. The lowest BCUT2D eigenvalue weighted by molar-refractivity contribution is 0.258. The Bertz CT molecular complexity index is 980. The minimum absolute atomic E-state index is 0.639. The van der Waals surface area contributed by atoms with Crippen molar-refractivity contribution in [1.29, 1.82) is 0 Å². The van der Waals surface area contributed by atoms with Gasteiger partial charge in [0.05, 0.1) is 26.5 Å². The van der Waals surface area contributed by atoms with E-state index in [0.29, 0.717) is 6.54 Å². The Labute approximate surface area is 187 Å². The average molecular weight is 443 g/mol. The molecule has 0 aliphatic carbocycles. The van der Waals surface area contributed by atoms with E-state index in [4.69, 9.17) is 9.47 Å². The molecule has 2 aromatic heterocycles. The summed E-state index contributed by atoms with van der Waals surface area (Å²) in [6.07, 6.45) is 3.24. The zero-order valence-electron chi connectivity index (χ0n) is 18.4. The highest BCUT2D eigenvalue weighted by atomic mass is 32.1. The number of piperazine rings is 1. The lowest BCUT2D eigenvalue weighted by Gasteiger charge is -2.33. The molecule has 31 heavy (non-hydrogen) atoms. The van der Waals surface area contributed by atoms with E-state index in [1.165, 1.54) is 13.0 Å². The van der Waals surface area contributed by atoms with Crippen LogP contribution in [-0.4, -0.2) is 66.6 Å². The third-order valence-corrected chi connectivity index (χ3v) is 6.48. The van der Waals surface area contributed by atoms with Crippen LogP contribution in [-0.2, 0) is 6.54 Å². The molecule has 3 heterocycles. The summed E-state index contributed by atoms with van der Waals surface area (Å²) in [6.45, 7) is 8.24. The minimum Gasteiger partial charge on any atom is -0.497 e. The van der Waals surface area contributed by atoms with Crippen molar-refractivity contribution in [2.75, 3.05) is 57.2 Å². The molecule has 1 fully saturated rings. The highest BCUT2D eigenvalue weighted by molar-refractivity contribution is 7.17. The van der Waals surface area contributed by atoms with Crippen LogP contribution in [0.25, 0.3) is 5.13 Å². The fraction of sp³-hybridized carbons (Fsp3) is 0.455. The van der Waals surface area contributed by atoms with Crippen LogP contribution in [0.15, 0.2) is 36.5 Å². The maximum Gasteiger partial charge on any atom is 0.218 e. The molecular weight excluding hydrogens is 412 g/mol. The highest BCUT2D eigenvalue weighted by Crippen LogP contribution is 2.30. The predicted octanol–water partition coefficient (Wildman–Crippen LogP) is 3.49. The average Bonchev–Trinajstić information content (AvgIpc) is 3.48. The molecule has 0 atom stereocenters. The molecule has 0 radical (unpaired) electrons. The summed E-state index contributed by atoms with van der Waals surface area (Å²) in [6, 6.07) is 9.88. The molecular formula is C22H30N6O2S. The maximum atomic E-state index is 5.49. The number of rotatable bonds is 9. The van der Waals surface area contributed by atoms with Crippen LogP contribution in [0.4, 0.5) is 10.8 Å². The zero-order chi connectivity index (χ0) is 21.6. The summed E-state index contributed by atoms with van der Waals surface area (Å²) in [7, 11) is 3.31.